The van der Waals surface area contributed by atoms with Gasteiger partial charge >= 0.3 is 0 Å². The first-order valence-corrected chi connectivity index (χ1v) is 6.41. The van der Waals surface area contributed by atoms with Gasteiger partial charge in [0, 0.05) is 12.1 Å². The molecule has 0 aliphatic rings. The smallest absolute Gasteiger partial charge is 0.264 e. The second-order valence-electron chi connectivity index (χ2n) is 3.63. The third-order valence-electron chi connectivity index (χ3n) is 2.37. The summed E-state index contributed by atoms with van der Waals surface area (Å²) in [6.45, 7) is 0.722. The molecule has 6 heteroatoms. The van der Waals surface area contributed by atoms with Crippen molar-refractivity contribution in [2.24, 2.45) is 5.73 Å². The van der Waals surface area contributed by atoms with Gasteiger partial charge in [-0.1, -0.05) is 34.5 Å². The quantitative estimate of drug-likeness (QED) is 0.809. The lowest BCUT2D eigenvalue weighted by Crippen LogP contribution is -2.22. The fourth-order valence-corrected chi connectivity index (χ4v) is 1.90. The van der Waals surface area contributed by atoms with E-state index < -0.39 is 0 Å². The zero-order chi connectivity index (χ0) is 13.5. The average Bonchev–Trinajstić information content (AvgIpc) is 2.97. The van der Waals surface area contributed by atoms with Gasteiger partial charge in [0.2, 0.25) is 0 Å². The van der Waals surface area contributed by atoms with Gasteiger partial charge in [-0.3, -0.25) is 4.79 Å². The number of rotatable bonds is 3. The van der Waals surface area contributed by atoms with Crippen LogP contribution < -0.4 is 11.1 Å². The lowest BCUT2D eigenvalue weighted by Gasteiger charge is -2.05. The molecular formula is C13H12N4OS. The first kappa shape index (κ1) is 13.2. The molecule has 0 aliphatic heterocycles. The number of nitrogens with zero attached hydrogens (tertiary/aromatic N) is 2. The van der Waals surface area contributed by atoms with Crippen molar-refractivity contribution in [3.05, 3.63) is 46.5 Å². The SMILES string of the molecule is NCC#Cc1ccccc1CNC(=O)c1cnns1. The van der Waals surface area contributed by atoms with E-state index in [1.807, 2.05) is 24.3 Å². The van der Waals surface area contributed by atoms with Crippen molar-refractivity contribution < 1.29 is 4.79 Å². The highest BCUT2D eigenvalue weighted by atomic mass is 32.1. The topological polar surface area (TPSA) is 80.9 Å². The van der Waals surface area contributed by atoms with Crippen LogP contribution in [0.1, 0.15) is 20.8 Å². The molecule has 0 aliphatic carbocycles. The van der Waals surface area contributed by atoms with Gasteiger partial charge in [-0.2, -0.15) is 0 Å². The van der Waals surface area contributed by atoms with Gasteiger partial charge < -0.3 is 11.1 Å². The fraction of sp³-hybridized carbons (Fsp3) is 0.154. The number of amides is 1. The summed E-state index contributed by atoms with van der Waals surface area (Å²) in [4.78, 5) is 12.3. The van der Waals surface area contributed by atoms with Crippen LogP contribution >= 0.6 is 11.5 Å². The molecule has 5 nitrogen and oxygen atoms in total. The fourth-order valence-electron chi connectivity index (χ4n) is 1.47. The molecule has 2 rings (SSSR count). The summed E-state index contributed by atoms with van der Waals surface area (Å²) < 4.78 is 3.65. The molecule has 19 heavy (non-hydrogen) atoms. The van der Waals surface area contributed by atoms with Gasteiger partial charge in [0.05, 0.1) is 12.7 Å². The summed E-state index contributed by atoms with van der Waals surface area (Å²) >= 11 is 1.07. The number of hydrogen-bond acceptors (Lipinski definition) is 5. The molecule has 0 saturated carbocycles. The maximum absolute atomic E-state index is 11.8. The summed E-state index contributed by atoms with van der Waals surface area (Å²) in [6, 6.07) is 7.63. The molecule has 0 fully saturated rings. The minimum atomic E-state index is -0.184. The Balaban J connectivity index is 2.05. The summed E-state index contributed by atoms with van der Waals surface area (Å²) in [5, 5.41) is 6.44. The van der Waals surface area contributed by atoms with Crippen molar-refractivity contribution in [1.29, 1.82) is 0 Å². The Bertz CT molecular complexity index is 613. The van der Waals surface area contributed by atoms with Gasteiger partial charge in [-0.15, -0.1) is 5.10 Å². The highest BCUT2D eigenvalue weighted by Crippen LogP contribution is 2.08. The highest BCUT2D eigenvalue weighted by Gasteiger charge is 2.08. The number of nitrogens with two attached hydrogens (primary N) is 1. The van der Waals surface area contributed by atoms with E-state index in [1.165, 1.54) is 6.20 Å². The number of benzene rings is 1. The van der Waals surface area contributed by atoms with Crippen molar-refractivity contribution in [1.82, 2.24) is 14.9 Å². The summed E-state index contributed by atoms with van der Waals surface area (Å²) in [5.74, 6) is 5.61. The third kappa shape index (κ3) is 3.61. The molecule has 2 aromatic rings. The monoisotopic (exact) mass is 272 g/mol. The standard InChI is InChI=1S/C13H12N4OS/c14-7-3-6-10-4-1-2-5-11(10)8-15-13(18)12-9-16-17-19-12/h1-2,4-5,9H,7-8,14H2,(H,15,18). The van der Waals surface area contributed by atoms with E-state index in [9.17, 15) is 4.79 Å². The number of carbonyl (C=O) groups is 1. The summed E-state index contributed by atoms with van der Waals surface area (Å²) in [5.41, 5.74) is 7.18. The summed E-state index contributed by atoms with van der Waals surface area (Å²) in [6.07, 6.45) is 1.44. The van der Waals surface area contributed by atoms with Crippen molar-refractivity contribution in [3.63, 3.8) is 0 Å². The third-order valence-corrected chi connectivity index (χ3v) is 3.03. The van der Waals surface area contributed by atoms with Crippen LogP contribution in [0.5, 0.6) is 0 Å². The highest BCUT2D eigenvalue weighted by molar-refractivity contribution is 7.07. The van der Waals surface area contributed by atoms with Crippen LogP contribution in [-0.4, -0.2) is 22.0 Å². The molecular weight excluding hydrogens is 260 g/mol. The zero-order valence-electron chi connectivity index (χ0n) is 10.1. The predicted molar refractivity (Wildman–Crippen MR) is 73.5 cm³/mol. The Labute approximate surface area is 115 Å². The van der Waals surface area contributed by atoms with Crippen molar-refractivity contribution in [3.8, 4) is 11.8 Å². The van der Waals surface area contributed by atoms with Crippen LogP contribution in [0.15, 0.2) is 30.5 Å². The average molecular weight is 272 g/mol. The molecule has 1 aromatic heterocycles. The normalized spacial score (nSPS) is 9.53. The zero-order valence-corrected chi connectivity index (χ0v) is 10.9. The van der Waals surface area contributed by atoms with Crippen LogP contribution in [0.2, 0.25) is 0 Å². The number of aromatic nitrogens is 2. The molecule has 0 bridgehead atoms. The second-order valence-corrected chi connectivity index (χ2v) is 4.41. The van der Waals surface area contributed by atoms with E-state index in [-0.39, 0.29) is 5.91 Å². The molecule has 0 spiro atoms. The van der Waals surface area contributed by atoms with E-state index >= 15 is 0 Å². The van der Waals surface area contributed by atoms with E-state index in [0.717, 1.165) is 22.7 Å². The van der Waals surface area contributed by atoms with Crippen molar-refractivity contribution >= 4 is 17.4 Å². The minimum absolute atomic E-state index is 0.184. The van der Waals surface area contributed by atoms with Gasteiger partial charge in [0.15, 0.2) is 0 Å². The van der Waals surface area contributed by atoms with Crippen molar-refractivity contribution in [2.75, 3.05) is 6.54 Å². The molecule has 96 valence electrons. The van der Waals surface area contributed by atoms with E-state index in [2.05, 4.69) is 26.7 Å². The Morgan fingerprint density at radius 3 is 3.00 bits per heavy atom. The van der Waals surface area contributed by atoms with E-state index in [1.54, 1.807) is 0 Å². The van der Waals surface area contributed by atoms with Crippen molar-refractivity contribution in [2.45, 2.75) is 6.54 Å². The van der Waals surface area contributed by atoms with E-state index in [4.69, 9.17) is 5.73 Å². The lowest BCUT2D eigenvalue weighted by molar-refractivity contribution is 0.0955. The number of carbonyl (C=O) groups excluding carboxylic acids is 1. The Morgan fingerprint density at radius 1 is 1.42 bits per heavy atom. The lowest BCUT2D eigenvalue weighted by atomic mass is 10.1. The first-order valence-electron chi connectivity index (χ1n) is 5.63. The van der Waals surface area contributed by atoms with Gasteiger partial charge in [0.1, 0.15) is 4.88 Å². The van der Waals surface area contributed by atoms with Crippen LogP contribution in [0.25, 0.3) is 0 Å². The van der Waals surface area contributed by atoms with Gasteiger partial charge in [-0.25, -0.2) is 0 Å². The molecule has 0 saturated heterocycles. The van der Waals surface area contributed by atoms with Crippen LogP contribution in [-0.2, 0) is 6.54 Å². The second kappa shape index (κ2) is 6.64. The Morgan fingerprint density at radius 2 is 2.26 bits per heavy atom. The number of nitrogens with one attached hydrogen (secondary N) is 1. The largest absolute Gasteiger partial charge is 0.347 e. The maximum Gasteiger partial charge on any atom is 0.264 e. The molecule has 0 unspecified atom stereocenters. The first-order chi connectivity index (χ1) is 9.31. The molecule has 0 atom stereocenters. The molecule has 1 aromatic carbocycles. The predicted octanol–water partition coefficient (Wildman–Crippen LogP) is 0.778. The Hall–Kier alpha value is -2.23. The molecule has 0 radical (unpaired) electrons. The van der Waals surface area contributed by atoms with Gasteiger partial charge in [0.25, 0.3) is 5.91 Å². The Kier molecular flexibility index (Phi) is 4.61. The molecule has 1 amide bonds. The van der Waals surface area contributed by atoms with Crippen LogP contribution in [0, 0.1) is 11.8 Å². The summed E-state index contributed by atoms with van der Waals surface area (Å²) in [7, 11) is 0. The van der Waals surface area contributed by atoms with Gasteiger partial charge in [-0.05, 0) is 23.2 Å². The van der Waals surface area contributed by atoms with E-state index in [0.29, 0.717) is 18.0 Å². The maximum atomic E-state index is 11.8. The minimum Gasteiger partial charge on any atom is -0.347 e. The molecule has 1 heterocycles. The van der Waals surface area contributed by atoms with Crippen LogP contribution in [0.4, 0.5) is 0 Å². The number of hydrogen-bond donors (Lipinski definition) is 2. The molecule has 3 N–H and O–H groups in total. The van der Waals surface area contributed by atoms with Crippen LogP contribution in [0.3, 0.4) is 0 Å².